The summed E-state index contributed by atoms with van der Waals surface area (Å²) >= 11 is 0. The van der Waals surface area contributed by atoms with Gasteiger partial charge in [0.05, 0.1) is 47.7 Å². The van der Waals surface area contributed by atoms with Gasteiger partial charge in [-0.3, -0.25) is 14.4 Å². The number of hydrogen-bond acceptors (Lipinski definition) is 15. The predicted molar refractivity (Wildman–Crippen MR) is 231 cm³/mol. The molecule has 0 spiro atoms. The fraction of sp³-hybridized carbons (Fsp3) is 0.364. The number of hydrogen-bond donors (Lipinski definition) is 8. The molecule has 3 amide bonds. The quantitative estimate of drug-likeness (QED) is 0.0438. The van der Waals surface area contributed by atoms with Gasteiger partial charge in [0.1, 0.15) is 0 Å². The summed E-state index contributed by atoms with van der Waals surface area (Å²) in [4.78, 5) is 75.4. The van der Waals surface area contributed by atoms with E-state index in [4.69, 9.17) is 27.7 Å². The fourth-order valence-corrected chi connectivity index (χ4v) is 13.4. The zero-order valence-electron chi connectivity index (χ0n) is 34.2. The van der Waals surface area contributed by atoms with E-state index in [0.29, 0.717) is 0 Å². The Bertz CT molecular complexity index is 2610. The molecule has 2 atom stereocenters. The average Bonchev–Trinajstić information content (AvgIpc) is 3.17. The SMILES string of the molecule is CC(=O)Nc1ccc(S(=O)(=O)N=P(O)(O)OCCCOP(O)(=NS(=O)(=O)c2ccc(NC(C)=O)cc2)OCCCOP(O)(=NS(=O)(=O)c2ccc(NC(C)=O)cc2)OCCCO)cc1. The molecule has 0 aromatic heterocycles. The first-order chi connectivity index (χ1) is 29.8. The first kappa shape index (κ1) is 54.5. The highest BCUT2D eigenvalue weighted by atomic mass is 32.2. The third-order valence-corrected chi connectivity index (χ3v) is 17.5. The first-order valence-electron chi connectivity index (χ1n) is 18.3. The van der Waals surface area contributed by atoms with Crippen LogP contribution in [0.25, 0.3) is 0 Å². The summed E-state index contributed by atoms with van der Waals surface area (Å²) in [5, 5.41) is 16.5. The van der Waals surface area contributed by atoms with Gasteiger partial charge in [0.25, 0.3) is 30.1 Å². The molecule has 3 rings (SSSR count). The summed E-state index contributed by atoms with van der Waals surface area (Å²) in [5.74, 6) is -1.27. The molecule has 0 fully saturated rings. The minimum Gasteiger partial charge on any atom is -0.396 e. The van der Waals surface area contributed by atoms with Gasteiger partial charge in [0, 0.05) is 44.4 Å². The van der Waals surface area contributed by atoms with E-state index in [-0.39, 0.29) is 36.3 Å². The summed E-state index contributed by atoms with van der Waals surface area (Å²) < 4.78 is 114. The monoisotopic (exact) mass is 1020 g/mol. The second-order valence-corrected chi connectivity index (χ2v) is 23.2. The summed E-state index contributed by atoms with van der Waals surface area (Å²) in [6, 6.07) is 13.9. The van der Waals surface area contributed by atoms with Crippen molar-refractivity contribution in [2.75, 3.05) is 55.6 Å². The van der Waals surface area contributed by atoms with E-state index in [1.165, 1.54) is 57.2 Å². The summed E-state index contributed by atoms with van der Waals surface area (Å²) in [6.45, 7) is 0.395. The second kappa shape index (κ2) is 24.1. The molecule has 0 saturated heterocycles. The molecule has 0 aliphatic rings. The summed E-state index contributed by atoms with van der Waals surface area (Å²) in [7, 11) is -28.5. The number of aliphatic hydroxyl groups is 1. The Balaban J connectivity index is 1.77. The van der Waals surface area contributed by atoms with Crippen molar-refractivity contribution in [1.82, 2.24) is 0 Å². The summed E-state index contributed by atoms with van der Waals surface area (Å²) in [6.07, 6.45) is -0.740. The number of anilines is 3. The van der Waals surface area contributed by atoms with Crippen LogP contribution < -0.4 is 16.0 Å². The Kier molecular flexibility index (Phi) is 20.6. The molecule has 3 aromatic carbocycles. The molecule has 0 bridgehead atoms. The summed E-state index contributed by atoms with van der Waals surface area (Å²) in [5.41, 5.74) is 0.765. The molecule has 64 heavy (non-hydrogen) atoms. The van der Waals surface area contributed by atoms with Crippen LogP contribution in [-0.4, -0.2) is 107 Å². The molecule has 0 aliphatic carbocycles. The van der Waals surface area contributed by atoms with Crippen molar-refractivity contribution >= 4 is 88.1 Å². The number of carbonyl (C=O) groups excluding carboxylic acids is 3. The van der Waals surface area contributed by atoms with E-state index < -0.39 is 125 Å². The van der Waals surface area contributed by atoms with Crippen molar-refractivity contribution in [3.05, 3.63) is 72.8 Å². The minimum atomic E-state index is -4.95. The topological polar surface area (TPSA) is 374 Å². The molecule has 25 nitrogen and oxygen atoms in total. The lowest BCUT2D eigenvalue weighted by atomic mass is 10.3. The van der Waals surface area contributed by atoms with Crippen molar-refractivity contribution in [1.29, 1.82) is 0 Å². The minimum absolute atomic E-state index is 0.0503. The van der Waals surface area contributed by atoms with E-state index in [9.17, 15) is 59.2 Å². The molecule has 8 N–H and O–H groups in total. The van der Waals surface area contributed by atoms with Crippen LogP contribution >= 0.6 is 23.2 Å². The number of carbonyl (C=O) groups is 3. The van der Waals surface area contributed by atoms with E-state index in [2.05, 4.69) is 28.4 Å². The molecule has 2 unspecified atom stereocenters. The molecule has 0 saturated carbocycles. The number of nitrogens with one attached hydrogen (secondary N) is 3. The maximum absolute atomic E-state index is 13.3. The van der Waals surface area contributed by atoms with Crippen LogP contribution in [0.1, 0.15) is 40.0 Å². The number of aliphatic hydroxyl groups excluding tert-OH is 1. The van der Waals surface area contributed by atoms with Crippen molar-refractivity contribution in [2.45, 2.75) is 54.7 Å². The number of rotatable bonds is 25. The zero-order valence-corrected chi connectivity index (χ0v) is 39.3. The van der Waals surface area contributed by atoms with Gasteiger partial charge < -0.3 is 63.2 Å². The van der Waals surface area contributed by atoms with Crippen molar-refractivity contribution in [3.63, 3.8) is 0 Å². The second-order valence-electron chi connectivity index (χ2n) is 12.7. The van der Waals surface area contributed by atoms with E-state index in [0.717, 1.165) is 36.4 Å². The first-order valence-corrected chi connectivity index (χ1v) is 27.3. The van der Waals surface area contributed by atoms with Crippen molar-refractivity contribution in [3.8, 4) is 0 Å². The zero-order chi connectivity index (χ0) is 47.8. The Hall–Kier alpha value is -3.79. The maximum Gasteiger partial charge on any atom is 0.368 e. The maximum atomic E-state index is 13.3. The fourth-order valence-electron chi connectivity index (χ4n) is 4.59. The van der Waals surface area contributed by atoms with Gasteiger partial charge >= 0.3 is 23.2 Å². The lowest BCUT2D eigenvalue weighted by Crippen LogP contribution is -2.08. The van der Waals surface area contributed by atoms with Crippen LogP contribution in [0.5, 0.6) is 0 Å². The Morgan fingerprint density at radius 1 is 0.469 bits per heavy atom. The molecular weight excluding hydrogens is 974 g/mol. The normalized spacial score (nSPS) is 14.1. The highest BCUT2D eigenvalue weighted by Crippen LogP contribution is 2.52. The van der Waals surface area contributed by atoms with Crippen molar-refractivity contribution < 1.29 is 86.9 Å². The number of amides is 3. The Morgan fingerprint density at radius 2 is 0.734 bits per heavy atom. The van der Waals surface area contributed by atoms with Gasteiger partial charge in [-0.1, -0.05) is 12.5 Å². The van der Waals surface area contributed by atoms with Crippen molar-refractivity contribution in [2.24, 2.45) is 12.5 Å². The lowest BCUT2D eigenvalue weighted by Gasteiger charge is -2.20. The van der Waals surface area contributed by atoms with E-state index in [1.807, 2.05) is 0 Å². The smallest absolute Gasteiger partial charge is 0.368 e. The van der Waals surface area contributed by atoms with Gasteiger partial charge in [0.15, 0.2) is 0 Å². The van der Waals surface area contributed by atoms with Gasteiger partial charge in [-0.2, -0.15) is 25.3 Å². The third kappa shape index (κ3) is 19.0. The van der Waals surface area contributed by atoms with Crippen LogP contribution in [-0.2, 0) is 67.1 Å². The number of nitrogens with zero attached hydrogens (tertiary/aromatic N) is 3. The largest absolute Gasteiger partial charge is 0.396 e. The molecular formula is C33H47N6O19P3S3. The van der Waals surface area contributed by atoms with E-state index >= 15 is 0 Å². The number of sulfonamides is 3. The number of benzene rings is 3. The van der Waals surface area contributed by atoms with Gasteiger partial charge in [0.2, 0.25) is 17.7 Å². The predicted octanol–water partition coefficient (Wildman–Crippen LogP) is 4.08. The van der Waals surface area contributed by atoms with Gasteiger partial charge in [-0.25, -0.2) is 0 Å². The average molecular weight is 1020 g/mol. The van der Waals surface area contributed by atoms with Crippen LogP contribution in [0.4, 0.5) is 17.1 Å². The van der Waals surface area contributed by atoms with Crippen LogP contribution in [0.3, 0.4) is 0 Å². The standard InChI is InChI=1S/C33H47N6O19P3S3/c1-25(41)34-28-7-13-31(14-8-28)62(48,49)37-59(44,45)54-21-5-22-56-61(47,39-64(52,53)33-17-11-30(12-18-33)36-27(3)43)58-24-6-23-57-60(46,55-20-4-19-40)38-63(50,51)32-15-9-29(10-16-32)35-26(2)42/h7-18,40,44-47H,4-6,19-24H2,1-3H3,(H,34,41)(H,35,42)(H,36,43). The molecule has 356 valence electrons. The highest BCUT2D eigenvalue weighted by molar-refractivity contribution is 7.93. The van der Waals surface area contributed by atoms with Crippen LogP contribution in [0, 0.1) is 0 Å². The Labute approximate surface area is 369 Å². The van der Waals surface area contributed by atoms with E-state index in [1.54, 1.807) is 0 Å². The molecule has 0 heterocycles. The third-order valence-electron chi connectivity index (χ3n) is 7.23. The molecule has 31 heteroatoms. The van der Waals surface area contributed by atoms with Gasteiger partial charge in [-0.05, 0) is 92.1 Å². The molecule has 3 aromatic rings. The highest BCUT2D eigenvalue weighted by Gasteiger charge is 2.29. The Morgan fingerprint density at radius 3 is 1.02 bits per heavy atom. The lowest BCUT2D eigenvalue weighted by molar-refractivity contribution is -0.115. The molecule has 0 aliphatic heterocycles. The van der Waals surface area contributed by atoms with Gasteiger partial charge in [-0.15, -0.1) is 0 Å². The van der Waals surface area contributed by atoms with Crippen LogP contribution in [0.2, 0.25) is 0 Å². The molecule has 0 radical (unpaired) electrons. The van der Waals surface area contributed by atoms with Crippen LogP contribution in [0.15, 0.2) is 99.9 Å².